The van der Waals surface area contributed by atoms with Crippen molar-refractivity contribution < 1.29 is 9.59 Å². The van der Waals surface area contributed by atoms with Crippen LogP contribution in [0.1, 0.15) is 271 Å². The highest BCUT2D eigenvalue weighted by molar-refractivity contribution is 6.11. The molecule has 50 heavy (non-hydrogen) atoms. The lowest BCUT2D eigenvalue weighted by atomic mass is 9.84. The van der Waals surface area contributed by atoms with Crippen molar-refractivity contribution in [2.45, 2.75) is 276 Å². The molecule has 0 spiro atoms. The van der Waals surface area contributed by atoms with E-state index in [-0.39, 0.29) is 18.1 Å². The van der Waals surface area contributed by atoms with E-state index >= 15 is 0 Å². The summed E-state index contributed by atoms with van der Waals surface area (Å²) in [7, 11) is 0. The van der Waals surface area contributed by atoms with Gasteiger partial charge in [0.1, 0.15) is 5.54 Å². The van der Waals surface area contributed by atoms with E-state index < -0.39 is 5.54 Å². The molecule has 0 aliphatic carbocycles. The molecule has 0 heterocycles. The molecule has 0 aromatic heterocycles. The second-order valence-electron chi connectivity index (χ2n) is 16.2. The highest BCUT2D eigenvalue weighted by atomic mass is 16.2. The highest BCUT2D eigenvalue weighted by Gasteiger charge is 2.38. The molecule has 0 saturated carbocycles. The Bertz CT molecular complexity index is 654. The lowest BCUT2D eigenvalue weighted by molar-refractivity contribution is -0.134. The topological polar surface area (TPSA) is 86.2 Å². The smallest absolute Gasteiger partial charge is 0.161 e. The average Bonchev–Trinajstić information content (AvgIpc) is 3.12. The summed E-state index contributed by atoms with van der Waals surface area (Å²) in [5.41, 5.74) is 10.7. The summed E-state index contributed by atoms with van der Waals surface area (Å²) < 4.78 is 0. The predicted octanol–water partition coefficient (Wildman–Crippen LogP) is 14.4. The van der Waals surface area contributed by atoms with Gasteiger partial charge in [0.15, 0.2) is 11.6 Å². The van der Waals surface area contributed by atoms with Crippen molar-refractivity contribution in [1.29, 1.82) is 0 Å². The molecule has 0 rings (SSSR count). The van der Waals surface area contributed by atoms with Crippen LogP contribution in [0.15, 0.2) is 0 Å². The third-order valence-corrected chi connectivity index (χ3v) is 11.3. The summed E-state index contributed by atoms with van der Waals surface area (Å²) in [6.45, 7) is 4.51. The van der Waals surface area contributed by atoms with Gasteiger partial charge in [0, 0.05) is 19.4 Å². The van der Waals surface area contributed by atoms with Crippen LogP contribution in [0.25, 0.3) is 0 Å². The Kier molecular flexibility index (Phi) is 38.9. The molecule has 0 aromatic carbocycles. The molecule has 0 aliphatic rings. The number of hydrogen-bond donors (Lipinski definition) is 2. The molecule has 0 atom stereocenters. The minimum absolute atomic E-state index is 0.0666. The zero-order valence-electron chi connectivity index (χ0n) is 34.5. The van der Waals surface area contributed by atoms with Crippen LogP contribution in [0.4, 0.5) is 0 Å². The molecule has 4 N–H and O–H groups in total. The Labute approximate surface area is 314 Å². The number of unbranched alkanes of at least 4 members (excludes halogenated alkanes) is 36. The molecular formula is C46H92N2O2. The summed E-state index contributed by atoms with van der Waals surface area (Å²) in [5, 5.41) is 0. The van der Waals surface area contributed by atoms with Crippen molar-refractivity contribution >= 4 is 11.6 Å². The second-order valence-corrected chi connectivity index (χ2v) is 16.2. The van der Waals surface area contributed by atoms with Gasteiger partial charge in [-0.15, -0.1) is 0 Å². The first kappa shape index (κ1) is 49.3. The number of Topliss-reactive ketones (excluding diaryl/α,β-unsaturated/α-hetero) is 2. The van der Waals surface area contributed by atoms with Crippen molar-refractivity contribution in [2.24, 2.45) is 11.5 Å². The van der Waals surface area contributed by atoms with E-state index in [1.807, 2.05) is 0 Å². The van der Waals surface area contributed by atoms with E-state index in [4.69, 9.17) is 11.5 Å². The first-order valence-electron chi connectivity index (χ1n) is 23.1. The fourth-order valence-electron chi connectivity index (χ4n) is 7.56. The fourth-order valence-corrected chi connectivity index (χ4v) is 7.56. The summed E-state index contributed by atoms with van der Waals surface area (Å²) in [6, 6.07) is 0. The zero-order chi connectivity index (χ0) is 36.6. The molecule has 0 aromatic rings. The quantitative estimate of drug-likeness (QED) is 0.0488. The van der Waals surface area contributed by atoms with Crippen LogP contribution in [0.5, 0.6) is 0 Å². The molecule has 0 aliphatic heterocycles. The maximum Gasteiger partial charge on any atom is 0.161 e. The van der Waals surface area contributed by atoms with E-state index in [9.17, 15) is 9.59 Å². The van der Waals surface area contributed by atoms with Crippen LogP contribution in [0.2, 0.25) is 0 Å². The molecule has 0 radical (unpaired) electrons. The maximum absolute atomic E-state index is 12.9. The number of ketones is 2. The molecule has 0 saturated heterocycles. The summed E-state index contributed by atoms with van der Waals surface area (Å²) in [4.78, 5) is 25.8. The Morgan fingerprint density at radius 1 is 0.320 bits per heavy atom. The van der Waals surface area contributed by atoms with Crippen LogP contribution in [0.3, 0.4) is 0 Å². The summed E-state index contributed by atoms with van der Waals surface area (Å²) in [5.74, 6) is -0.287. The number of hydrogen-bond acceptors (Lipinski definition) is 4. The Morgan fingerprint density at radius 2 is 0.480 bits per heavy atom. The third kappa shape index (κ3) is 32.0. The molecular weight excluding hydrogens is 613 g/mol. The van der Waals surface area contributed by atoms with Gasteiger partial charge >= 0.3 is 0 Å². The second kappa shape index (κ2) is 39.5. The molecule has 4 heteroatoms. The monoisotopic (exact) mass is 705 g/mol. The van der Waals surface area contributed by atoms with Crippen molar-refractivity contribution in [3.05, 3.63) is 0 Å². The molecule has 0 fully saturated rings. The molecule has 0 unspecified atom stereocenters. The fraction of sp³-hybridized carbons (Fsp3) is 0.957. The first-order chi connectivity index (χ1) is 24.5. The van der Waals surface area contributed by atoms with Gasteiger partial charge in [-0.05, 0) is 12.8 Å². The van der Waals surface area contributed by atoms with Gasteiger partial charge in [0.2, 0.25) is 0 Å². The molecule has 0 amide bonds. The van der Waals surface area contributed by atoms with E-state index in [2.05, 4.69) is 13.8 Å². The highest BCUT2D eigenvalue weighted by Crippen LogP contribution is 2.19. The number of carbonyl (C=O) groups excluding carboxylic acids is 2. The van der Waals surface area contributed by atoms with E-state index in [0.29, 0.717) is 12.8 Å². The van der Waals surface area contributed by atoms with Gasteiger partial charge in [0.05, 0.1) is 0 Å². The number of nitrogens with two attached hydrogens (primary N) is 2. The Morgan fingerprint density at radius 3 is 0.640 bits per heavy atom. The minimum atomic E-state index is -1.47. The molecule has 0 bridgehead atoms. The Balaban J connectivity index is 3.58. The Hall–Kier alpha value is -0.740. The molecule has 298 valence electrons. The van der Waals surface area contributed by atoms with Crippen LogP contribution in [-0.4, -0.2) is 23.7 Å². The average molecular weight is 705 g/mol. The van der Waals surface area contributed by atoms with Crippen molar-refractivity contribution in [3.8, 4) is 0 Å². The van der Waals surface area contributed by atoms with Crippen LogP contribution < -0.4 is 11.5 Å². The number of rotatable bonds is 43. The number of carbonyl (C=O) groups is 2. The van der Waals surface area contributed by atoms with E-state index in [0.717, 1.165) is 25.7 Å². The summed E-state index contributed by atoms with van der Waals surface area (Å²) in [6.07, 6.45) is 51.3. The van der Waals surface area contributed by atoms with Gasteiger partial charge in [-0.2, -0.15) is 0 Å². The van der Waals surface area contributed by atoms with Crippen molar-refractivity contribution in [1.82, 2.24) is 0 Å². The van der Waals surface area contributed by atoms with E-state index in [1.165, 1.54) is 218 Å². The summed E-state index contributed by atoms with van der Waals surface area (Å²) >= 11 is 0. The maximum atomic E-state index is 12.9. The van der Waals surface area contributed by atoms with Crippen LogP contribution in [0, 0.1) is 0 Å². The third-order valence-electron chi connectivity index (χ3n) is 11.3. The van der Waals surface area contributed by atoms with Gasteiger partial charge in [-0.25, -0.2) is 0 Å². The first-order valence-corrected chi connectivity index (χ1v) is 23.1. The lowest BCUT2D eigenvalue weighted by Crippen LogP contribution is -2.60. The van der Waals surface area contributed by atoms with Crippen molar-refractivity contribution in [2.75, 3.05) is 6.54 Å². The normalized spacial score (nSPS) is 11.8. The largest absolute Gasteiger partial charge is 0.328 e. The van der Waals surface area contributed by atoms with Gasteiger partial charge in [-0.1, -0.05) is 245 Å². The van der Waals surface area contributed by atoms with Crippen LogP contribution >= 0.6 is 0 Å². The predicted molar refractivity (Wildman–Crippen MR) is 222 cm³/mol. The van der Waals surface area contributed by atoms with Crippen LogP contribution in [-0.2, 0) is 9.59 Å². The SMILES string of the molecule is CCCCCCCCCCCCCCCCCCCCCC(=O)C(N)(CN)C(=O)CCCCCCCCCCCCCCCCCCCCC. The lowest BCUT2D eigenvalue weighted by Gasteiger charge is -2.25. The van der Waals surface area contributed by atoms with Gasteiger partial charge in [0.25, 0.3) is 0 Å². The standard InChI is InChI=1S/C46H92N2O2/c1-3-5-7-9-11-13-15-17-19-21-23-25-27-29-31-33-35-37-39-41-44(49)46(48,43-47)45(50)42-40-38-36-34-32-30-28-26-24-22-20-18-16-14-12-10-8-6-4-2/h3-43,47-48H2,1-2H3. The van der Waals surface area contributed by atoms with Gasteiger partial charge in [-0.3, -0.25) is 9.59 Å². The minimum Gasteiger partial charge on any atom is -0.328 e. The molecule has 4 nitrogen and oxygen atoms in total. The van der Waals surface area contributed by atoms with Crippen molar-refractivity contribution in [3.63, 3.8) is 0 Å². The zero-order valence-corrected chi connectivity index (χ0v) is 34.5. The van der Waals surface area contributed by atoms with E-state index in [1.54, 1.807) is 0 Å². The van der Waals surface area contributed by atoms with Gasteiger partial charge < -0.3 is 11.5 Å².